The Balaban J connectivity index is 1.68. The van der Waals surface area contributed by atoms with Gasteiger partial charge in [0.15, 0.2) is 0 Å². The van der Waals surface area contributed by atoms with Gasteiger partial charge >= 0.3 is 0 Å². The van der Waals surface area contributed by atoms with E-state index in [9.17, 15) is 0 Å². The lowest BCUT2D eigenvalue weighted by molar-refractivity contribution is 0.198. The first kappa shape index (κ1) is 14.5. The molecule has 1 saturated carbocycles. The lowest BCUT2D eigenvalue weighted by Gasteiger charge is -2.35. The van der Waals surface area contributed by atoms with Crippen LogP contribution < -0.4 is 5.32 Å². The molecule has 0 bridgehead atoms. The van der Waals surface area contributed by atoms with Gasteiger partial charge in [0.1, 0.15) is 11.6 Å². The number of hydrogen-bond donors (Lipinski definition) is 1. The van der Waals surface area contributed by atoms with E-state index < -0.39 is 0 Å². The van der Waals surface area contributed by atoms with Gasteiger partial charge in [0.2, 0.25) is 0 Å². The number of aromatic nitrogens is 3. The van der Waals surface area contributed by atoms with Crippen LogP contribution in [-0.2, 0) is 6.54 Å². The average molecular weight is 264 g/mol. The van der Waals surface area contributed by atoms with E-state index >= 15 is 0 Å². The van der Waals surface area contributed by atoms with E-state index in [1.54, 1.807) is 0 Å². The lowest BCUT2D eigenvalue weighted by atomic mass is 9.75. The molecule has 0 unspecified atom stereocenters. The van der Waals surface area contributed by atoms with Gasteiger partial charge in [0.25, 0.3) is 0 Å². The number of rotatable bonds is 5. The standard InChI is InChI=1S/C15H28N4/c1-12-17-13(2)19(18-12)10-6-9-16-14-7-5-8-15(3,4)11-14/h14,16H,5-11H2,1-4H3/t14-/m0/s1. The lowest BCUT2D eigenvalue weighted by Crippen LogP contribution is -2.37. The van der Waals surface area contributed by atoms with Crippen molar-refractivity contribution in [3.05, 3.63) is 11.6 Å². The number of nitrogens with zero attached hydrogens (tertiary/aromatic N) is 3. The van der Waals surface area contributed by atoms with Crippen LogP contribution in [0.4, 0.5) is 0 Å². The summed E-state index contributed by atoms with van der Waals surface area (Å²) in [5, 5.41) is 8.11. The van der Waals surface area contributed by atoms with E-state index in [1.165, 1.54) is 25.7 Å². The Morgan fingerprint density at radius 1 is 1.37 bits per heavy atom. The number of hydrogen-bond acceptors (Lipinski definition) is 3. The fourth-order valence-electron chi connectivity index (χ4n) is 3.18. The maximum Gasteiger partial charge on any atom is 0.147 e. The van der Waals surface area contributed by atoms with Crippen molar-refractivity contribution < 1.29 is 0 Å². The van der Waals surface area contributed by atoms with Gasteiger partial charge in [-0.05, 0) is 51.5 Å². The van der Waals surface area contributed by atoms with Gasteiger partial charge in [-0.25, -0.2) is 4.98 Å². The van der Waals surface area contributed by atoms with Gasteiger partial charge in [0, 0.05) is 12.6 Å². The van der Waals surface area contributed by atoms with E-state index in [2.05, 4.69) is 29.2 Å². The van der Waals surface area contributed by atoms with Crippen LogP contribution in [-0.4, -0.2) is 27.4 Å². The van der Waals surface area contributed by atoms with Crippen molar-refractivity contribution in [1.29, 1.82) is 0 Å². The van der Waals surface area contributed by atoms with Gasteiger partial charge in [0.05, 0.1) is 0 Å². The number of nitrogens with one attached hydrogen (secondary N) is 1. The third-order valence-electron chi connectivity index (χ3n) is 4.15. The van der Waals surface area contributed by atoms with Crippen molar-refractivity contribution in [2.24, 2.45) is 5.41 Å². The molecular formula is C15H28N4. The van der Waals surface area contributed by atoms with Gasteiger partial charge < -0.3 is 5.32 Å². The third kappa shape index (κ3) is 4.30. The Hall–Kier alpha value is -0.900. The molecule has 108 valence electrons. The van der Waals surface area contributed by atoms with Crippen molar-refractivity contribution in [2.45, 2.75) is 72.4 Å². The van der Waals surface area contributed by atoms with Crippen LogP contribution in [0.1, 0.15) is 57.6 Å². The van der Waals surface area contributed by atoms with Crippen molar-refractivity contribution >= 4 is 0 Å². The van der Waals surface area contributed by atoms with E-state index in [0.29, 0.717) is 11.5 Å². The Kier molecular flexibility index (Phi) is 4.61. The molecule has 0 aliphatic heterocycles. The Morgan fingerprint density at radius 2 is 2.16 bits per heavy atom. The molecule has 19 heavy (non-hydrogen) atoms. The summed E-state index contributed by atoms with van der Waals surface area (Å²) in [5.74, 6) is 1.90. The molecule has 1 atom stereocenters. The zero-order chi connectivity index (χ0) is 13.9. The summed E-state index contributed by atoms with van der Waals surface area (Å²) >= 11 is 0. The van der Waals surface area contributed by atoms with Crippen LogP contribution >= 0.6 is 0 Å². The highest BCUT2D eigenvalue weighted by atomic mass is 15.3. The minimum atomic E-state index is 0.523. The summed E-state index contributed by atoms with van der Waals surface area (Å²) in [7, 11) is 0. The minimum Gasteiger partial charge on any atom is -0.314 e. The highest BCUT2D eigenvalue weighted by Crippen LogP contribution is 2.34. The smallest absolute Gasteiger partial charge is 0.147 e. The molecule has 1 fully saturated rings. The highest BCUT2D eigenvalue weighted by molar-refractivity contribution is 4.87. The fourth-order valence-corrected chi connectivity index (χ4v) is 3.18. The summed E-state index contributed by atoms with van der Waals surface area (Å²) < 4.78 is 2.02. The molecular weight excluding hydrogens is 236 g/mol. The topological polar surface area (TPSA) is 42.7 Å². The molecule has 0 aromatic carbocycles. The summed E-state index contributed by atoms with van der Waals surface area (Å²) in [6, 6.07) is 0.710. The van der Waals surface area contributed by atoms with Gasteiger partial charge in [-0.1, -0.05) is 20.3 Å². The third-order valence-corrected chi connectivity index (χ3v) is 4.15. The quantitative estimate of drug-likeness (QED) is 0.832. The molecule has 1 aromatic rings. The predicted molar refractivity (Wildman–Crippen MR) is 78.2 cm³/mol. The largest absolute Gasteiger partial charge is 0.314 e. The molecule has 1 N–H and O–H groups in total. The monoisotopic (exact) mass is 264 g/mol. The van der Waals surface area contributed by atoms with E-state index in [1.807, 2.05) is 18.5 Å². The zero-order valence-corrected chi connectivity index (χ0v) is 12.9. The number of aryl methyl sites for hydroxylation is 3. The molecule has 0 radical (unpaired) electrons. The second-order valence-electron chi connectivity index (χ2n) is 6.69. The van der Waals surface area contributed by atoms with Crippen LogP contribution in [0.3, 0.4) is 0 Å². The Labute approximate surface area is 117 Å². The SMILES string of the molecule is Cc1nc(C)n(CCCN[C@H]2CCCC(C)(C)C2)n1. The summed E-state index contributed by atoms with van der Waals surface area (Å²) in [5.41, 5.74) is 0.523. The van der Waals surface area contributed by atoms with Crippen LogP contribution in [0, 0.1) is 19.3 Å². The molecule has 4 heteroatoms. The Morgan fingerprint density at radius 3 is 2.79 bits per heavy atom. The fraction of sp³-hybridized carbons (Fsp3) is 0.867. The van der Waals surface area contributed by atoms with Gasteiger partial charge in [-0.3, -0.25) is 4.68 Å². The van der Waals surface area contributed by atoms with Crippen molar-refractivity contribution in [2.75, 3.05) is 6.54 Å². The van der Waals surface area contributed by atoms with Gasteiger partial charge in [-0.2, -0.15) is 5.10 Å². The van der Waals surface area contributed by atoms with Gasteiger partial charge in [-0.15, -0.1) is 0 Å². The van der Waals surface area contributed by atoms with Crippen LogP contribution in [0.2, 0.25) is 0 Å². The van der Waals surface area contributed by atoms with Crippen LogP contribution in [0.15, 0.2) is 0 Å². The maximum absolute atomic E-state index is 4.40. The summed E-state index contributed by atoms with van der Waals surface area (Å²) in [4.78, 5) is 4.33. The average Bonchev–Trinajstić information content (AvgIpc) is 2.62. The molecule has 0 saturated heterocycles. The molecule has 1 aliphatic rings. The molecule has 4 nitrogen and oxygen atoms in total. The van der Waals surface area contributed by atoms with Crippen molar-refractivity contribution in [1.82, 2.24) is 20.1 Å². The Bertz CT molecular complexity index is 408. The maximum atomic E-state index is 4.40. The van der Waals surface area contributed by atoms with Crippen molar-refractivity contribution in [3.63, 3.8) is 0 Å². The molecule has 1 aromatic heterocycles. The molecule has 0 spiro atoms. The van der Waals surface area contributed by atoms with Crippen LogP contribution in [0.5, 0.6) is 0 Å². The molecule has 2 rings (SSSR count). The van der Waals surface area contributed by atoms with E-state index in [-0.39, 0.29) is 0 Å². The molecule has 0 amide bonds. The normalized spacial score (nSPS) is 22.6. The summed E-state index contributed by atoms with van der Waals surface area (Å²) in [6.07, 6.45) is 6.52. The molecule has 1 aliphatic carbocycles. The molecule has 1 heterocycles. The minimum absolute atomic E-state index is 0.523. The second kappa shape index (κ2) is 6.04. The predicted octanol–water partition coefficient (Wildman–Crippen LogP) is 2.84. The first-order valence-corrected chi connectivity index (χ1v) is 7.58. The highest BCUT2D eigenvalue weighted by Gasteiger charge is 2.27. The van der Waals surface area contributed by atoms with E-state index in [4.69, 9.17) is 0 Å². The summed E-state index contributed by atoms with van der Waals surface area (Å²) in [6.45, 7) is 10.8. The van der Waals surface area contributed by atoms with Crippen molar-refractivity contribution in [3.8, 4) is 0 Å². The second-order valence-corrected chi connectivity index (χ2v) is 6.69. The first-order chi connectivity index (χ1) is 8.96. The first-order valence-electron chi connectivity index (χ1n) is 7.58. The zero-order valence-electron chi connectivity index (χ0n) is 12.9. The van der Waals surface area contributed by atoms with E-state index in [0.717, 1.165) is 31.2 Å². The van der Waals surface area contributed by atoms with Crippen LogP contribution in [0.25, 0.3) is 0 Å².